The van der Waals surface area contributed by atoms with Crippen molar-refractivity contribution in [1.82, 2.24) is 10.2 Å². The lowest BCUT2D eigenvalue weighted by Gasteiger charge is -2.34. The minimum Gasteiger partial charge on any atom is -0.495 e. The summed E-state index contributed by atoms with van der Waals surface area (Å²) in [5.74, 6) is -0.627. The molecule has 0 unspecified atom stereocenters. The summed E-state index contributed by atoms with van der Waals surface area (Å²) in [7, 11) is -2.84. The number of aryl methyl sites for hydroxylation is 2. The summed E-state index contributed by atoms with van der Waals surface area (Å²) in [6.07, 6.45) is 0.335. The molecule has 0 fully saturated rings. The smallest absolute Gasteiger partial charge is 0.264 e. The molecule has 10 heteroatoms. The first kappa shape index (κ1) is 32.0. The van der Waals surface area contributed by atoms with Crippen LogP contribution in [-0.4, -0.2) is 50.9 Å². The first-order valence-electron chi connectivity index (χ1n) is 13.5. The maximum Gasteiger partial charge on any atom is 0.264 e. The summed E-state index contributed by atoms with van der Waals surface area (Å²) >= 11 is 6.29. The molecule has 1 N–H and O–H groups in total. The van der Waals surface area contributed by atoms with Crippen LogP contribution in [0.4, 0.5) is 5.69 Å². The summed E-state index contributed by atoms with van der Waals surface area (Å²) < 4.78 is 34.6. The highest BCUT2D eigenvalue weighted by atomic mass is 35.5. The first-order valence-corrected chi connectivity index (χ1v) is 15.3. The fourth-order valence-corrected chi connectivity index (χ4v) is 5.98. The second kappa shape index (κ2) is 13.9. The van der Waals surface area contributed by atoms with Gasteiger partial charge in [-0.25, -0.2) is 8.42 Å². The molecule has 0 saturated carbocycles. The lowest BCUT2D eigenvalue weighted by Crippen LogP contribution is -2.53. The number of carbonyl (C=O) groups is 2. The Hall–Kier alpha value is -3.56. The van der Waals surface area contributed by atoms with Gasteiger partial charge in [-0.3, -0.25) is 13.9 Å². The molecule has 3 aromatic carbocycles. The third kappa shape index (κ3) is 8.01. The van der Waals surface area contributed by atoms with Crippen LogP contribution in [0.1, 0.15) is 43.9 Å². The average molecular weight is 600 g/mol. The fraction of sp³-hybridized carbons (Fsp3) is 0.355. The van der Waals surface area contributed by atoms with Crippen molar-refractivity contribution in [2.75, 3.05) is 18.0 Å². The predicted octanol–water partition coefficient (Wildman–Crippen LogP) is 5.49. The SMILES string of the molecule is CC[C@H](C(=O)NC(C)C)N(Cc1ccc(C)cc1)C(=O)CN(c1cc(Cl)ccc1OC)S(=O)(=O)c1ccc(C)cc1. The van der Waals surface area contributed by atoms with Gasteiger partial charge in [0.25, 0.3) is 10.0 Å². The molecule has 41 heavy (non-hydrogen) atoms. The van der Waals surface area contributed by atoms with Crippen molar-refractivity contribution >= 4 is 39.1 Å². The Kier molecular flexibility index (Phi) is 10.8. The monoisotopic (exact) mass is 599 g/mol. The van der Waals surface area contributed by atoms with Gasteiger partial charge in [-0.15, -0.1) is 0 Å². The predicted molar refractivity (Wildman–Crippen MR) is 163 cm³/mol. The number of carbonyl (C=O) groups excluding carboxylic acids is 2. The largest absolute Gasteiger partial charge is 0.495 e. The second-order valence-electron chi connectivity index (χ2n) is 10.2. The van der Waals surface area contributed by atoms with E-state index in [1.165, 1.54) is 30.2 Å². The highest BCUT2D eigenvalue weighted by Gasteiger charge is 2.35. The van der Waals surface area contributed by atoms with Crippen LogP contribution < -0.4 is 14.4 Å². The lowest BCUT2D eigenvalue weighted by atomic mass is 10.1. The fourth-order valence-electron chi connectivity index (χ4n) is 4.40. The average Bonchev–Trinajstić information content (AvgIpc) is 2.92. The quantitative estimate of drug-likeness (QED) is 0.297. The molecule has 0 aliphatic carbocycles. The number of sulfonamides is 1. The van der Waals surface area contributed by atoms with Crippen molar-refractivity contribution in [3.05, 3.63) is 88.4 Å². The van der Waals surface area contributed by atoms with Crippen molar-refractivity contribution < 1.29 is 22.7 Å². The third-order valence-corrected chi connectivity index (χ3v) is 8.60. The molecular formula is C31H38ClN3O5S. The molecule has 0 saturated heterocycles. The summed E-state index contributed by atoms with van der Waals surface area (Å²) in [5.41, 5.74) is 2.87. The van der Waals surface area contributed by atoms with Gasteiger partial charge in [-0.2, -0.15) is 0 Å². The van der Waals surface area contributed by atoms with E-state index >= 15 is 0 Å². The van der Waals surface area contributed by atoms with Gasteiger partial charge in [0.05, 0.1) is 17.7 Å². The zero-order chi connectivity index (χ0) is 30.3. The normalized spacial score (nSPS) is 12.1. The number of anilines is 1. The molecule has 0 radical (unpaired) electrons. The summed E-state index contributed by atoms with van der Waals surface area (Å²) in [5, 5.41) is 3.17. The lowest BCUT2D eigenvalue weighted by molar-refractivity contribution is -0.140. The van der Waals surface area contributed by atoms with E-state index in [1.807, 2.05) is 58.9 Å². The standard InChI is InChI=1S/C31H38ClN3O5S/c1-7-27(31(37)33-21(2)3)34(19-24-12-8-22(4)9-13-24)30(36)20-35(28-18-25(32)14-17-29(28)40-6)41(38,39)26-15-10-23(5)11-16-26/h8-18,21,27H,7,19-20H2,1-6H3,(H,33,37)/t27-/m1/s1. The molecule has 3 rings (SSSR count). The van der Waals surface area contributed by atoms with Gasteiger partial charge < -0.3 is 15.0 Å². The van der Waals surface area contributed by atoms with E-state index < -0.39 is 28.5 Å². The Morgan fingerprint density at radius 3 is 2.07 bits per heavy atom. The molecule has 8 nitrogen and oxygen atoms in total. The summed E-state index contributed by atoms with van der Waals surface area (Å²) in [6, 6.07) is 17.6. The van der Waals surface area contributed by atoms with Gasteiger partial charge in [0.15, 0.2) is 0 Å². The van der Waals surface area contributed by atoms with Crippen LogP contribution >= 0.6 is 11.6 Å². The number of rotatable bonds is 12. The van der Waals surface area contributed by atoms with E-state index in [0.717, 1.165) is 21.0 Å². The number of nitrogens with zero attached hydrogens (tertiary/aromatic N) is 2. The van der Waals surface area contributed by atoms with E-state index in [1.54, 1.807) is 24.3 Å². The molecule has 220 valence electrons. The molecule has 0 aliphatic heterocycles. The van der Waals surface area contributed by atoms with Crippen molar-refractivity contribution in [3.8, 4) is 5.75 Å². The molecule has 0 aromatic heterocycles. The van der Waals surface area contributed by atoms with Gasteiger partial charge in [0, 0.05) is 17.6 Å². The number of hydrogen-bond acceptors (Lipinski definition) is 5. The first-order chi connectivity index (χ1) is 19.4. The molecule has 3 aromatic rings. The molecular weight excluding hydrogens is 562 g/mol. The Labute approximate surface area is 248 Å². The van der Waals surface area contributed by atoms with E-state index in [0.29, 0.717) is 6.42 Å². The second-order valence-corrected chi connectivity index (χ2v) is 12.5. The van der Waals surface area contributed by atoms with E-state index in [4.69, 9.17) is 16.3 Å². The van der Waals surface area contributed by atoms with Gasteiger partial charge in [0.1, 0.15) is 18.3 Å². The maximum atomic E-state index is 14.2. The van der Waals surface area contributed by atoms with Crippen molar-refractivity contribution in [1.29, 1.82) is 0 Å². The van der Waals surface area contributed by atoms with Gasteiger partial charge in [-0.1, -0.05) is 66.0 Å². The topological polar surface area (TPSA) is 96.0 Å². The van der Waals surface area contributed by atoms with Crippen LogP contribution in [0.5, 0.6) is 5.75 Å². The number of hydrogen-bond donors (Lipinski definition) is 1. The van der Waals surface area contributed by atoms with Crippen LogP contribution in [0.3, 0.4) is 0 Å². The Morgan fingerprint density at radius 1 is 0.951 bits per heavy atom. The molecule has 1 atom stereocenters. The third-order valence-electron chi connectivity index (χ3n) is 6.59. The van der Waals surface area contributed by atoms with Crippen LogP contribution in [-0.2, 0) is 26.2 Å². The van der Waals surface area contributed by atoms with Crippen LogP contribution in [0.25, 0.3) is 0 Å². The zero-order valence-corrected chi connectivity index (χ0v) is 25.9. The molecule has 0 heterocycles. The van der Waals surface area contributed by atoms with Crippen molar-refractivity contribution in [2.24, 2.45) is 0 Å². The number of benzene rings is 3. The minimum absolute atomic E-state index is 0.00704. The molecule has 0 aliphatic rings. The highest BCUT2D eigenvalue weighted by Crippen LogP contribution is 2.35. The van der Waals surface area contributed by atoms with Crippen molar-refractivity contribution in [3.63, 3.8) is 0 Å². The van der Waals surface area contributed by atoms with Crippen LogP contribution in [0.2, 0.25) is 5.02 Å². The summed E-state index contributed by atoms with van der Waals surface area (Å²) in [6.45, 7) is 8.87. The highest BCUT2D eigenvalue weighted by molar-refractivity contribution is 7.92. The number of halogens is 1. The molecule has 0 bridgehead atoms. The Bertz CT molecular complexity index is 1460. The Morgan fingerprint density at radius 2 is 1.54 bits per heavy atom. The number of amides is 2. The molecule has 0 spiro atoms. The number of nitrogens with one attached hydrogen (secondary N) is 1. The maximum absolute atomic E-state index is 14.2. The van der Waals surface area contributed by atoms with Crippen LogP contribution in [0, 0.1) is 13.8 Å². The van der Waals surface area contributed by atoms with Crippen molar-refractivity contribution in [2.45, 2.75) is 64.6 Å². The van der Waals surface area contributed by atoms with Gasteiger partial charge in [-0.05, 0) is 70.0 Å². The van der Waals surface area contributed by atoms with Gasteiger partial charge >= 0.3 is 0 Å². The van der Waals surface area contributed by atoms with Crippen LogP contribution in [0.15, 0.2) is 71.6 Å². The zero-order valence-electron chi connectivity index (χ0n) is 24.3. The number of methoxy groups -OCH3 is 1. The van der Waals surface area contributed by atoms with E-state index in [-0.39, 0.29) is 39.8 Å². The minimum atomic E-state index is -4.25. The van der Waals surface area contributed by atoms with E-state index in [2.05, 4.69) is 5.32 Å². The Balaban J connectivity index is 2.13. The number of ether oxygens (including phenoxy) is 1. The van der Waals surface area contributed by atoms with Gasteiger partial charge in [0.2, 0.25) is 11.8 Å². The summed E-state index contributed by atoms with van der Waals surface area (Å²) in [4.78, 5) is 28.9. The van der Waals surface area contributed by atoms with E-state index in [9.17, 15) is 18.0 Å². The molecule has 2 amide bonds.